The number of hydrogen-bond acceptors (Lipinski definition) is 2. The third kappa shape index (κ3) is 2.28. The largest absolute Gasteiger partial charge is 0.299 e. The SMILES string of the molecule is Cc1nn(C)c(C)c1CC(=O)C1CC1c1ccccc1. The second kappa shape index (κ2) is 4.89. The minimum Gasteiger partial charge on any atom is -0.299 e. The van der Waals surface area contributed by atoms with Gasteiger partial charge in [-0.25, -0.2) is 0 Å². The molecule has 0 amide bonds. The normalized spacial score (nSPS) is 20.9. The van der Waals surface area contributed by atoms with Crippen molar-refractivity contribution >= 4 is 5.78 Å². The van der Waals surface area contributed by atoms with Crippen LogP contribution in [0, 0.1) is 19.8 Å². The lowest BCUT2D eigenvalue weighted by Gasteiger charge is -2.02. The third-order valence-electron chi connectivity index (χ3n) is 4.44. The second-order valence-corrected chi connectivity index (χ2v) is 5.78. The quantitative estimate of drug-likeness (QED) is 0.854. The molecule has 1 fully saturated rings. The summed E-state index contributed by atoms with van der Waals surface area (Å²) in [5, 5.41) is 4.39. The van der Waals surface area contributed by atoms with Crippen molar-refractivity contribution in [2.75, 3.05) is 0 Å². The van der Waals surface area contributed by atoms with Crippen molar-refractivity contribution in [2.24, 2.45) is 13.0 Å². The van der Waals surface area contributed by atoms with Gasteiger partial charge in [0, 0.05) is 30.6 Å². The van der Waals surface area contributed by atoms with Crippen LogP contribution in [0.25, 0.3) is 0 Å². The summed E-state index contributed by atoms with van der Waals surface area (Å²) in [5.41, 5.74) is 4.49. The van der Waals surface area contributed by atoms with Gasteiger partial charge in [-0.1, -0.05) is 30.3 Å². The number of ketones is 1. The molecule has 104 valence electrons. The van der Waals surface area contributed by atoms with E-state index >= 15 is 0 Å². The standard InChI is InChI=1S/C17H20N2O/c1-11-14(12(2)19(3)18-11)10-17(20)16-9-15(16)13-7-5-4-6-8-13/h4-8,15-16H,9-10H2,1-3H3. The molecule has 0 spiro atoms. The van der Waals surface area contributed by atoms with Gasteiger partial charge in [0.15, 0.2) is 0 Å². The van der Waals surface area contributed by atoms with E-state index in [2.05, 4.69) is 17.2 Å². The Morgan fingerprint density at radius 1 is 1.30 bits per heavy atom. The molecule has 3 heteroatoms. The minimum atomic E-state index is 0.205. The summed E-state index contributed by atoms with van der Waals surface area (Å²) in [6, 6.07) is 10.4. The van der Waals surface area contributed by atoms with Gasteiger partial charge in [-0.2, -0.15) is 5.10 Å². The predicted molar refractivity (Wildman–Crippen MR) is 78.7 cm³/mol. The maximum atomic E-state index is 12.4. The molecule has 0 N–H and O–H groups in total. The van der Waals surface area contributed by atoms with Crippen molar-refractivity contribution in [1.29, 1.82) is 0 Å². The average molecular weight is 268 g/mol. The van der Waals surface area contributed by atoms with Crippen LogP contribution in [-0.4, -0.2) is 15.6 Å². The number of aryl methyl sites for hydroxylation is 2. The summed E-state index contributed by atoms with van der Waals surface area (Å²) in [6.07, 6.45) is 1.53. The van der Waals surface area contributed by atoms with E-state index < -0.39 is 0 Å². The molecular formula is C17H20N2O. The third-order valence-corrected chi connectivity index (χ3v) is 4.44. The van der Waals surface area contributed by atoms with Gasteiger partial charge in [-0.3, -0.25) is 9.48 Å². The van der Waals surface area contributed by atoms with E-state index in [9.17, 15) is 4.79 Å². The Labute approximate surface area is 119 Å². The van der Waals surface area contributed by atoms with E-state index in [1.54, 1.807) is 0 Å². The van der Waals surface area contributed by atoms with Gasteiger partial charge in [0.25, 0.3) is 0 Å². The molecule has 3 rings (SSSR count). The van der Waals surface area contributed by atoms with Gasteiger partial charge in [-0.05, 0) is 31.7 Å². The summed E-state index contributed by atoms with van der Waals surface area (Å²) in [6.45, 7) is 4.02. The summed E-state index contributed by atoms with van der Waals surface area (Å²) in [4.78, 5) is 12.4. The van der Waals surface area contributed by atoms with E-state index in [-0.39, 0.29) is 5.92 Å². The molecule has 0 saturated heterocycles. The average Bonchev–Trinajstić information content (AvgIpc) is 3.20. The number of rotatable bonds is 4. The molecule has 1 saturated carbocycles. The van der Waals surface area contributed by atoms with E-state index in [1.807, 2.05) is 43.8 Å². The molecule has 2 aromatic rings. The molecule has 0 bridgehead atoms. The molecule has 1 aliphatic carbocycles. The zero-order valence-electron chi connectivity index (χ0n) is 12.3. The first-order valence-electron chi connectivity index (χ1n) is 7.14. The van der Waals surface area contributed by atoms with Crippen LogP contribution in [0.15, 0.2) is 30.3 Å². The lowest BCUT2D eigenvalue weighted by atomic mass is 10.0. The Bertz CT molecular complexity index is 643. The fourth-order valence-electron chi connectivity index (χ4n) is 3.00. The van der Waals surface area contributed by atoms with E-state index in [0.29, 0.717) is 18.1 Å². The number of carbonyl (C=O) groups excluding carboxylic acids is 1. The monoisotopic (exact) mass is 268 g/mol. The van der Waals surface area contributed by atoms with Crippen LogP contribution in [0.2, 0.25) is 0 Å². The summed E-state index contributed by atoms with van der Waals surface area (Å²) in [7, 11) is 1.93. The molecule has 2 unspecified atom stereocenters. The van der Waals surface area contributed by atoms with Crippen molar-refractivity contribution < 1.29 is 4.79 Å². The van der Waals surface area contributed by atoms with Crippen molar-refractivity contribution in [3.05, 3.63) is 52.8 Å². The molecule has 0 radical (unpaired) electrons. The highest BCUT2D eigenvalue weighted by molar-refractivity contribution is 5.87. The Morgan fingerprint density at radius 2 is 2.00 bits per heavy atom. The van der Waals surface area contributed by atoms with Crippen LogP contribution >= 0.6 is 0 Å². The van der Waals surface area contributed by atoms with Crippen LogP contribution in [-0.2, 0) is 18.3 Å². The Kier molecular flexibility index (Phi) is 3.20. The molecule has 3 nitrogen and oxygen atoms in total. The molecule has 0 aliphatic heterocycles. The van der Waals surface area contributed by atoms with Crippen LogP contribution < -0.4 is 0 Å². The maximum Gasteiger partial charge on any atom is 0.141 e. The maximum absolute atomic E-state index is 12.4. The van der Waals surface area contributed by atoms with E-state index in [4.69, 9.17) is 0 Å². The van der Waals surface area contributed by atoms with Gasteiger partial charge in [-0.15, -0.1) is 0 Å². The molecule has 1 heterocycles. The topological polar surface area (TPSA) is 34.9 Å². The second-order valence-electron chi connectivity index (χ2n) is 5.78. The first-order valence-corrected chi connectivity index (χ1v) is 7.14. The van der Waals surface area contributed by atoms with E-state index in [1.165, 1.54) is 5.56 Å². The van der Waals surface area contributed by atoms with E-state index in [0.717, 1.165) is 23.4 Å². The van der Waals surface area contributed by atoms with Crippen LogP contribution in [0.4, 0.5) is 0 Å². The highest BCUT2D eigenvalue weighted by atomic mass is 16.1. The smallest absolute Gasteiger partial charge is 0.141 e. The number of Topliss-reactive ketones (excluding diaryl/α,β-unsaturated/α-hetero) is 1. The predicted octanol–water partition coefficient (Wildman–Crippen LogP) is 2.95. The van der Waals surface area contributed by atoms with Gasteiger partial charge < -0.3 is 0 Å². The van der Waals surface area contributed by atoms with Gasteiger partial charge in [0.1, 0.15) is 5.78 Å². The number of aromatic nitrogens is 2. The molecule has 2 atom stereocenters. The molecular weight excluding hydrogens is 248 g/mol. The van der Waals surface area contributed by atoms with Gasteiger partial charge in [0.05, 0.1) is 5.69 Å². The molecule has 1 aromatic heterocycles. The van der Waals surface area contributed by atoms with Gasteiger partial charge >= 0.3 is 0 Å². The van der Waals surface area contributed by atoms with Crippen molar-refractivity contribution in [3.63, 3.8) is 0 Å². The van der Waals surface area contributed by atoms with Crippen LogP contribution in [0.3, 0.4) is 0 Å². The Morgan fingerprint density at radius 3 is 2.60 bits per heavy atom. The summed E-state index contributed by atoms with van der Waals surface area (Å²) in [5.74, 6) is 0.996. The molecule has 20 heavy (non-hydrogen) atoms. The Hall–Kier alpha value is -1.90. The van der Waals surface area contributed by atoms with Crippen LogP contribution in [0.5, 0.6) is 0 Å². The summed E-state index contributed by atoms with van der Waals surface area (Å²) >= 11 is 0. The highest BCUT2D eigenvalue weighted by Gasteiger charge is 2.43. The summed E-state index contributed by atoms with van der Waals surface area (Å²) < 4.78 is 1.86. The Balaban J connectivity index is 1.70. The number of carbonyl (C=O) groups is 1. The number of benzene rings is 1. The fraction of sp³-hybridized carbons (Fsp3) is 0.412. The molecule has 1 aliphatic rings. The van der Waals surface area contributed by atoms with Gasteiger partial charge in [0.2, 0.25) is 0 Å². The van der Waals surface area contributed by atoms with Crippen LogP contribution in [0.1, 0.15) is 34.9 Å². The lowest BCUT2D eigenvalue weighted by molar-refractivity contribution is -0.119. The van der Waals surface area contributed by atoms with Crippen molar-refractivity contribution in [3.8, 4) is 0 Å². The minimum absolute atomic E-state index is 0.205. The lowest BCUT2D eigenvalue weighted by Crippen LogP contribution is -2.08. The molecule has 1 aromatic carbocycles. The highest BCUT2D eigenvalue weighted by Crippen LogP contribution is 2.48. The number of hydrogen-bond donors (Lipinski definition) is 0. The number of nitrogens with zero attached hydrogens (tertiary/aromatic N) is 2. The zero-order chi connectivity index (χ0) is 14.3. The van der Waals surface area contributed by atoms with Crippen molar-refractivity contribution in [1.82, 2.24) is 9.78 Å². The first-order chi connectivity index (χ1) is 9.58. The first kappa shape index (κ1) is 13.1. The van der Waals surface area contributed by atoms with Crippen molar-refractivity contribution in [2.45, 2.75) is 32.6 Å². The zero-order valence-corrected chi connectivity index (χ0v) is 12.3. The fourth-order valence-corrected chi connectivity index (χ4v) is 3.00.